The number of hydrogen-bond donors (Lipinski definition) is 1. The Balaban J connectivity index is 1.21. The minimum atomic E-state index is -0.105. The number of ether oxygens (including phenoxy) is 2. The summed E-state index contributed by atoms with van der Waals surface area (Å²) in [5.74, 6) is 1.52. The molecule has 1 aliphatic heterocycles. The molecule has 0 unspecified atom stereocenters. The topological polar surface area (TPSA) is 104 Å². The Morgan fingerprint density at radius 2 is 1.94 bits per heavy atom. The van der Waals surface area contributed by atoms with E-state index in [-0.39, 0.29) is 18.5 Å². The molecule has 2 aromatic carbocycles. The summed E-state index contributed by atoms with van der Waals surface area (Å²) < 4.78 is 12.4. The van der Waals surface area contributed by atoms with E-state index in [1.807, 2.05) is 48.5 Å². The Bertz CT molecular complexity index is 1230. The third-order valence-corrected chi connectivity index (χ3v) is 5.69. The number of thioether (sulfide) groups is 1. The zero-order valence-electron chi connectivity index (χ0n) is 16.4. The van der Waals surface area contributed by atoms with Crippen LogP contribution in [0.25, 0.3) is 11.2 Å². The van der Waals surface area contributed by atoms with Crippen molar-refractivity contribution in [2.45, 2.75) is 18.1 Å². The van der Waals surface area contributed by atoms with Crippen molar-refractivity contribution in [2.75, 3.05) is 12.5 Å². The van der Waals surface area contributed by atoms with Crippen LogP contribution in [-0.4, -0.2) is 43.4 Å². The number of hydrogen-bond acceptors (Lipinski definition) is 8. The predicted octanol–water partition coefficient (Wildman–Crippen LogP) is 2.41. The van der Waals surface area contributed by atoms with Gasteiger partial charge in [-0.25, -0.2) is 14.6 Å². The first kappa shape index (κ1) is 19.3. The molecule has 1 N–H and O–H groups in total. The second-order valence-corrected chi connectivity index (χ2v) is 7.80. The summed E-state index contributed by atoms with van der Waals surface area (Å²) in [6.07, 6.45) is 1.47. The van der Waals surface area contributed by atoms with Gasteiger partial charge in [0.2, 0.25) is 12.7 Å². The molecule has 0 aliphatic carbocycles. The van der Waals surface area contributed by atoms with Crippen LogP contribution in [-0.2, 0) is 17.9 Å². The fraction of sp³-hybridized carbons (Fsp3) is 0.190. The second kappa shape index (κ2) is 8.60. The molecule has 5 rings (SSSR count). The van der Waals surface area contributed by atoms with Crippen LogP contribution in [0.3, 0.4) is 0 Å². The lowest BCUT2D eigenvalue weighted by Crippen LogP contribution is -2.24. The van der Waals surface area contributed by atoms with Crippen molar-refractivity contribution in [2.24, 2.45) is 0 Å². The van der Waals surface area contributed by atoms with Gasteiger partial charge >= 0.3 is 0 Å². The van der Waals surface area contributed by atoms with Crippen molar-refractivity contribution in [3.63, 3.8) is 0 Å². The number of amides is 1. The molecule has 2 aromatic heterocycles. The lowest BCUT2D eigenvalue weighted by Gasteiger charge is -2.06. The van der Waals surface area contributed by atoms with Crippen molar-refractivity contribution in [1.29, 1.82) is 0 Å². The summed E-state index contributed by atoms with van der Waals surface area (Å²) >= 11 is 1.31. The molecule has 9 nitrogen and oxygen atoms in total. The third-order valence-electron chi connectivity index (χ3n) is 4.71. The van der Waals surface area contributed by atoms with Gasteiger partial charge in [-0.05, 0) is 23.3 Å². The summed E-state index contributed by atoms with van der Waals surface area (Å²) in [6, 6.07) is 15.6. The maximum atomic E-state index is 12.3. The molecule has 0 saturated heterocycles. The number of carbonyl (C=O) groups excluding carboxylic acids is 1. The highest BCUT2D eigenvalue weighted by Crippen LogP contribution is 2.32. The standard InChI is InChI=1S/C21H18N6O3S/c28-18(22-9-15-6-7-16-17(8-15)30-13-29-16)11-31-21-19-20(23-12-24-21)27(26-25-19)10-14-4-2-1-3-5-14/h1-8,12H,9-11,13H2,(H,22,28). The molecule has 4 aromatic rings. The highest BCUT2D eigenvalue weighted by Gasteiger charge is 2.15. The van der Waals surface area contributed by atoms with Gasteiger partial charge in [-0.15, -0.1) is 5.10 Å². The van der Waals surface area contributed by atoms with Gasteiger partial charge in [-0.1, -0.05) is 53.4 Å². The fourth-order valence-corrected chi connectivity index (χ4v) is 3.94. The highest BCUT2D eigenvalue weighted by atomic mass is 32.2. The predicted molar refractivity (Wildman–Crippen MR) is 114 cm³/mol. The molecule has 1 aliphatic rings. The van der Waals surface area contributed by atoms with Gasteiger partial charge in [-0.2, -0.15) is 0 Å². The number of rotatable bonds is 7. The average molecular weight is 434 g/mol. The SMILES string of the molecule is O=C(CSc1ncnc2c1nnn2Cc1ccccc1)NCc1ccc2c(c1)OCO2. The largest absolute Gasteiger partial charge is 0.454 e. The van der Waals surface area contributed by atoms with E-state index in [0.717, 1.165) is 16.9 Å². The number of nitrogens with zero attached hydrogens (tertiary/aromatic N) is 5. The van der Waals surface area contributed by atoms with Gasteiger partial charge in [-0.3, -0.25) is 4.79 Å². The van der Waals surface area contributed by atoms with E-state index in [1.54, 1.807) is 4.68 Å². The zero-order valence-corrected chi connectivity index (χ0v) is 17.2. The minimum Gasteiger partial charge on any atom is -0.454 e. The van der Waals surface area contributed by atoms with Crippen molar-refractivity contribution in [1.82, 2.24) is 30.3 Å². The summed E-state index contributed by atoms with van der Waals surface area (Å²) in [7, 11) is 0. The van der Waals surface area contributed by atoms with Gasteiger partial charge in [0.05, 0.1) is 12.3 Å². The molecule has 156 valence electrons. The third kappa shape index (κ3) is 4.29. The van der Waals surface area contributed by atoms with Crippen molar-refractivity contribution >= 4 is 28.8 Å². The van der Waals surface area contributed by atoms with E-state index >= 15 is 0 Å². The maximum Gasteiger partial charge on any atom is 0.231 e. The van der Waals surface area contributed by atoms with Gasteiger partial charge in [0.25, 0.3) is 0 Å². The highest BCUT2D eigenvalue weighted by molar-refractivity contribution is 8.00. The summed E-state index contributed by atoms with van der Waals surface area (Å²) in [6.45, 7) is 1.20. The number of fused-ring (bicyclic) bond motifs is 2. The first-order valence-electron chi connectivity index (χ1n) is 9.62. The van der Waals surface area contributed by atoms with Crippen LogP contribution >= 0.6 is 11.8 Å². The fourth-order valence-electron chi connectivity index (χ4n) is 3.18. The Kier molecular flexibility index (Phi) is 5.36. The number of aromatic nitrogens is 5. The smallest absolute Gasteiger partial charge is 0.231 e. The average Bonchev–Trinajstić information content (AvgIpc) is 3.44. The van der Waals surface area contributed by atoms with E-state index < -0.39 is 0 Å². The van der Waals surface area contributed by atoms with Crippen LogP contribution in [0.5, 0.6) is 11.5 Å². The van der Waals surface area contributed by atoms with Crippen LogP contribution in [0.1, 0.15) is 11.1 Å². The van der Waals surface area contributed by atoms with Crippen LogP contribution in [0.15, 0.2) is 59.9 Å². The zero-order chi connectivity index (χ0) is 21.0. The van der Waals surface area contributed by atoms with Crippen molar-refractivity contribution in [3.8, 4) is 11.5 Å². The molecule has 0 radical (unpaired) electrons. The quantitative estimate of drug-likeness (QED) is 0.349. The van der Waals surface area contributed by atoms with E-state index in [0.29, 0.717) is 35.0 Å². The summed E-state index contributed by atoms with van der Waals surface area (Å²) in [5, 5.41) is 12.0. The van der Waals surface area contributed by atoms with Gasteiger partial charge in [0.15, 0.2) is 22.7 Å². The Morgan fingerprint density at radius 1 is 1.06 bits per heavy atom. The monoisotopic (exact) mass is 434 g/mol. The lowest BCUT2D eigenvalue weighted by atomic mass is 10.2. The van der Waals surface area contributed by atoms with Gasteiger partial charge in [0.1, 0.15) is 11.4 Å². The lowest BCUT2D eigenvalue weighted by molar-refractivity contribution is -0.118. The number of carbonyl (C=O) groups is 1. The van der Waals surface area contributed by atoms with Crippen molar-refractivity contribution < 1.29 is 14.3 Å². The number of nitrogens with one attached hydrogen (secondary N) is 1. The van der Waals surface area contributed by atoms with E-state index in [1.165, 1.54) is 18.1 Å². The van der Waals surface area contributed by atoms with E-state index in [2.05, 4.69) is 25.6 Å². The number of benzene rings is 2. The Labute approximate surface area is 181 Å². The summed E-state index contributed by atoms with van der Waals surface area (Å²) in [4.78, 5) is 20.9. The molecule has 0 atom stereocenters. The first-order chi connectivity index (χ1) is 15.3. The normalized spacial score (nSPS) is 12.3. The molecule has 10 heteroatoms. The molecular weight excluding hydrogens is 416 g/mol. The van der Waals surface area contributed by atoms with Crippen LogP contribution in [0.4, 0.5) is 0 Å². The van der Waals surface area contributed by atoms with Crippen LogP contribution in [0.2, 0.25) is 0 Å². The minimum absolute atomic E-state index is 0.105. The Morgan fingerprint density at radius 3 is 2.84 bits per heavy atom. The molecular formula is C21H18N6O3S. The molecule has 0 spiro atoms. The Hall–Kier alpha value is -3.66. The van der Waals surface area contributed by atoms with Gasteiger partial charge < -0.3 is 14.8 Å². The molecule has 1 amide bonds. The molecule has 31 heavy (non-hydrogen) atoms. The van der Waals surface area contributed by atoms with E-state index in [4.69, 9.17) is 9.47 Å². The van der Waals surface area contributed by atoms with E-state index in [9.17, 15) is 4.79 Å². The van der Waals surface area contributed by atoms with Crippen molar-refractivity contribution in [3.05, 3.63) is 66.0 Å². The molecule has 0 fully saturated rings. The second-order valence-electron chi connectivity index (χ2n) is 6.84. The van der Waals surface area contributed by atoms with Crippen LogP contribution in [0, 0.1) is 0 Å². The summed E-state index contributed by atoms with van der Waals surface area (Å²) in [5.41, 5.74) is 3.27. The molecule has 0 saturated carbocycles. The maximum absolute atomic E-state index is 12.3. The molecule has 0 bridgehead atoms. The first-order valence-corrected chi connectivity index (χ1v) is 10.6. The van der Waals surface area contributed by atoms with Crippen LogP contribution < -0.4 is 14.8 Å². The molecule has 3 heterocycles. The van der Waals surface area contributed by atoms with Gasteiger partial charge in [0, 0.05) is 6.54 Å².